The van der Waals surface area contributed by atoms with E-state index < -0.39 is 0 Å². The molecule has 0 saturated carbocycles. The molecule has 9 nitrogen and oxygen atoms in total. The molecule has 0 aliphatic carbocycles. The molecule has 194 valence electrons. The molecule has 36 heavy (non-hydrogen) atoms. The van der Waals surface area contributed by atoms with Gasteiger partial charge in [0.2, 0.25) is 11.0 Å². The van der Waals surface area contributed by atoms with Gasteiger partial charge in [-0.1, -0.05) is 17.2 Å². The maximum absolute atomic E-state index is 11.9. The zero-order chi connectivity index (χ0) is 25.7. The standard InChI is InChI=1S/C25H33N7O2S.ClH/c1-15(2)32(16(3)4)25-30-31(7)24(35-25)29-28-21-14-23(34-8)22(13-20(21)26-18(6)33)27-19-11-9-10-17(5)12-19;/h9-16H,1-8H3,(H,26,27,33);1H. The van der Waals surface area contributed by atoms with Crippen molar-refractivity contribution >= 4 is 50.3 Å². The summed E-state index contributed by atoms with van der Waals surface area (Å²) in [5.41, 5.74) is 3.75. The molecule has 1 amide bonds. The Morgan fingerprint density at radius 2 is 1.81 bits per heavy atom. The molecule has 3 aromatic rings. The van der Waals surface area contributed by atoms with Crippen molar-refractivity contribution in [3.8, 4) is 5.75 Å². The first kappa shape index (κ1) is 29.0. The number of aromatic nitrogens is 2. The van der Waals surface area contributed by atoms with Crippen molar-refractivity contribution in [3.05, 3.63) is 42.0 Å². The highest BCUT2D eigenvalue weighted by Gasteiger charge is 2.24. The van der Waals surface area contributed by atoms with Crippen LogP contribution in [-0.4, -0.2) is 30.2 Å². The molecule has 0 bridgehead atoms. The molecular formula is C25H34ClN7O2S. The molecule has 0 fully saturated rings. The Labute approximate surface area is 223 Å². The van der Waals surface area contributed by atoms with E-state index in [0.717, 1.165) is 16.4 Å². The van der Waals surface area contributed by atoms with E-state index in [9.17, 15) is 4.79 Å². The molecule has 0 atom stereocenters. The van der Waals surface area contributed by atoms with Crippen LogP contribution in [0.3, 0.4) is 0 Å². The van der Waals surface area contributed by atoms with E-state index in [2.05, 4.69) is 58.6 Å². The second-order valence-electron chi connectivity index (χ2n) is 8.83. The van der Waals surface area contributed by atoms with Crippen molar-refractivity contribution in [2.75, 3.05) is 22.6 Å². The number of ether oxygens (including phenoxy) is 1. The highest BCUT2D eigenvalue weighted by atomic mass is 35.5. The lowest BCUT2D eigenvalue weighted by Gasteiger charge is -2.28. The molecule has 0 radical (unpaired) electrons. The molecule has 0 aliphatic rings. The zero-order valence-corrected chi connectivity index (χ0v) is 23.5. The van der Waals surface area contributed by atoms with Crippen LogP contribution in [0.25, 0.3) is 0 Å². The summed E-state index contributed by atoms with van der Waals surface area (Å²) in [6, 6.07) is 12.2. The van der Waals surface area contributed by atoms with Gasteiger partial charge < -0.3 is 32.7 Å². The summed E-state index contributed by atoms with van der Waals surface area (Å²) in [6.45, 7) is 12.0. The Bertz CT molecular complexity index is 1220. The van der Waals surface area contributed by atoms with E-state index in [1.807, 2.05) is 38.2 Å². The normalized spacial score (nSPS) is 11.1. The lowest BCUT2D eigenvalue weighted by Crippen LogP contribution is -3.00. The first-order valence-electron chi connectivity index (χ1n) is 11.5. The van der Waals surface area contributed by atoms with Gasteiger partial charge in [-0.2, -0.15) is 0 Å². The lowest BCUT2D eigenvalue weighted by atomic mass is 10.2. The fourth-order valence-corrected chi connectivity index (χ4v) is 4.86. The van der Waals surface area contributed by atoms with Crippen LogP contribution in [0.1, 0.15) is 40.2 Å². The zero-order valence-electron chi connectivity index (χ0n) is 22.0. The average molecular weight is 532 g/mol. The van der Waals surface area contributed by atoms with Gasteiger partial charge in [-0.25, -0.2) is 0 Å². The summed E-state index contributed by atoms with van der Waals surface area (Å²) in [5.74, 6) is 0.373. The van der Waals surface area contributed by atoms with E-state index in [0.29, 0.717) is 40.0 Å². The first-order valence-corrected chi connectivity index (χ1v) is 12.3. The van der Waals surface area contributed by atoms with Gasteiger partial charge in [0.05, 0.1) is 23.6 Å². The second-order valence-corrected chi connectivity index (χ2v) is 9.77. The van der Waals surface area contributed by atoms with Crippen molar-refractivity contribution in [1.82, 2.24) is 5.10 Å². The molecule has 0 aliphatic heterocycles. The van der Waals surface area contributed by atoms with Gasteiger partial charge in [0.1, 0.15) is 18.5 Å². The van der Waals surface area contributed by atoms with Crippen LogP contribution in [-0.2, 0) is 11.8 Å². The number of aryl methyl sites for hydroxylation is 2. The average Bonchev–Trinajstić information content (AvgIpc) is 3.11. The lowest BCUT2D eigenvalue weighted by molar-refractivity contribution is -0.712. The molecule has 0 unspecified atom stereocenters. The summed E-state index contributed by atoms with van der Waals surface area (Å²) in [4.78, 5) is 14.2. The van der Waals surface area contributed by atoms with Gasteiger partial charge in [-0.05, 0) is 74.8 Å². The quantitative estimate of drug-likeness (QED) is 0.327. The number of nitrogens with zero attached hydrogens (tertiary/aromatic N) is 5. The van der Waals surface area contributed by atoms with E-state index in [1.165, 1.54) is 18.3 Å². The van der Waals surface area contributed by atoms with Gasteiger partial charge in [0.15, 0.2) is 0 Å². The molecule has 0 saturated heterocycles. The molecule has 0 spiro atoms. The summed E-state index contributed by atoms with van der Waals surface area (Å²) in [6.07, 6.45) is 0. The minimum absolute atomic E-state index is 0. The number of hydrogen-bond acceptors (Lipinski definition) is 8. The summed E-state index contributed by atoms with van der Waals surface area (Å²) >= 11 is 1.47. The first-order chi connectivity index (χ1) is 16.6. The Morgan fingerprint density at radius 3 is 2.39 bits per heavy atom. The van der Waals surface area contributed by atoms with E-state index in [1.54, 1.807) is 23.9 Å². The number of rotatable bonds is 9. The molecule has 1 aromatic heterocycles. The van der Waals surface area contributed by atoms with Crippen molar-refractivity contribution < 1.29 is 26.6 Å². The monoisotopic (exact) mass is 531 g/mol. The molecule has 11 heteroatoms. The van der Waals surface area contributed by atoms with E-state index in [4.69, 9.17) is 4.74 Å². The third kappa shape index (κ3) is 7.14. The van der Waals surface area contributed by atoms with Crippen molar-refractivity contribution in [3.63, 3.8) is 0 Å². The minimum Gasteiger partial charge on any atom is -1.00 e. The third-order valence-electron chi connectivity index (χ3n) is 5.20. The van der Waals surface area contributed by atoms with E-state index >= 15 is 0 Å². The van der Waals surface area contributed by atoms with E-state index in [-0.39, 0.29) is 18.3 Å². The highest BCUT2D eigenvalue weighted by molar-refractivity contribution is 7.18. The number of benzene rings is 2. The topological polar surface area (TPSA) is 95.1 Å². The number of carbonyl (C=O) groups is 1. The van der Waals surface area contributed by atoms with Crippen LogP contribution >= 0.6 is 11.3 Å². The largest absolute Gasteiger partial charge is 1.00 e. The predicted molar refractivity (Wildman–Crippen MR) is 142 cm³/mol. The van der Waals surface area contributed by atoms with Crippen LogP contribution in [0.2, 0.25) is 0 Å². The van der Waals surface area contributed by atoms with Crippen LogP contribution in [0.15, 0.2) is 46.6 Å². The van der Waals surface area contributed by atoms with Gasteiger partial charge >= 0.3 is 5.13 Å². The fourth-order valence-electron chi connectivity index (χ4n) is 3.75. The number of carbonyl (C=O) groups excluding carboxylic acids is 1. The predicted octanol–water partition coefficient (Wildman–Crippen LogP) is 3.03. The van der Waals surface area contributed by atoms with Crippen molar-refractivity contribution in [2.24, 2.45) is 17.3 Å². The molecular weight excluding hydrogens is 498 g/mol. The fraction of sp³-hybridized carbons (Fsp3) is 0.400. The van der Waals surface area contributed by atoms with Crippen molar-refractivity contribution in [1.29, 1.82) is 0 Å². The molecule has 1 heterocycles. The minimum atomic E-state index is -0.205. The molecule has 2 N–H and O–H groups in total. The van der Waals surface area contributed by atoms with Crippen molar-refractivity contribution in [2.45, 2.75) is 53.6 Å². The maximum atomic E-state index is 11.9. The Balaban J connectivity index is 0.00000456. The van der Waals surface area contributed by atoms with Gasteiger partial charge in [0.25, 0.3) is 0 Å². The van der Waals surface area contributed by atoms with Crippen LogP contribution in [0.5, 0.6) is 5.75 Å². The maximum Gasteiger partial charge on any atom is 0.431 e. The number of amides is 1. The van der Waals surface area contributed by atoms with Gasteiger partial charge in [-0.3, -0.25) is 4.79 Å². The SMILES string of the molecule is COc1cc(N=Nc2sc(N(C(C)C)C(C)C)n[n+]2C)c(NC(C)=O)cc1Nc1cccc(C)c1.[Cl-]. The van der Waals surface area contributed by atoms with Gasteiger partial charge in [0, 0.05) is 30.8 Å². The van der Waals surface area contributed by atoms with Crippen LogP contribution in [0, 0.1) is 6.92 Å². The van der Waals surface area contributed by atoms with Crippen LogP contribution < -0.4 is 37.4 Å². The third-order valence-corrected chi connectivity index (χ3v) is 6.20. The number of nitrogens with one attached hydrogen (secondary N) is 2. The molecule has 2 aromatic carbocycles. The Hall–Kier alpha value is -3.24. The highest BCUT2D eigenvalue weighted by Crippen LogP contribution is 2.39. The summed E-state index contributed by atoms with van der Waals surface area (Å²) < 4.78 is 7.33. The Kier molecular flexibility index (Phi) is 10.2. The number of halogens is 1. The summed E-state index contributed by atoms with van der Waals surface area (Å²) in [5, 5.41) is 21.3. The van der Waals surface area contributed by atoms with Crippen LogP contribution in [0.4, 0.5) is 33.0 Å². The smallest absolute Gasteiger partial charge is 0.431 e. The second kappa shape index (κ2) is 12.6. The Morgan fingerprint density at radius 1 is 1.11 bits per heavy atom. The number of methoxy groups -OCH3 is 1. The summed E-state index contributed by atoms with van der Waals surface area (Å²) in [7, 11) is 3.44. The number of azo groups is 1. The van der Waals surface area contributed by atoms with Gasteiger partial charge in [-0.15, -0.1) is 4.68 Å². The number of anilines is 4. The number of hydrogen-bond donors (Lipinski definition) is 2. The molecule has 3 rings (SSSR count).